The third-order valence-corrected chi connectivity index (χ3v) is 5.22. The number of aromatic hydroxyl groups is 1. The van der Waals surface area contributed by atoms with Crippen LogP contribution in [0.5, 0.6) is 5.75 Å². The standard InChI is InChI=1S/C23H20Cl2N2O3/c1-13-4-3-5-14(2)20(13)26-23(30)21(15-6-9-17(28)10-7-15)27-22(29)18-11-8-16(24)12-19(18)25/h3-12,21,28H,1-2H3,(H,26,30)(H,27,29)/t21-/m0/s1. The fraction of sp³-hybridized carbons (Fsp3) is 0.130. The molecule has 3 N–H and O–H groups in total. The number of benzene rings is 3. The number of anilines is 1. The Hall–Kier alpha value is -3.02. The van der Waals surface area contributed by atoms with Gasteiger partial charge in [-0.15, -0.1) is 0 Å². The van der Waals surface area contributed by atoms with Crippen LogP contribution in [0.3, 0.4) is 0 Å². The number of carbonyl (C=O) groups excluding carboxylic acids is 2. The monoisotopic (exact) mass is 442 g/mol. The second kappa shape index (κ2) is 9.20. The number of aryl methyl sites for hydroxylation is 2. The second-order valence-corrected chi connectivity index (χ2v) is 7.72. The molecule has 0 unspecified atom stereocenters. The number of nitrogens with one attached hydrogen (secondary N) is 2. The van der Waals surface area contributed by atoms with Gasteiger partial charge in [-0.1, -0.05) is 53.5 Å². The highest BCUT2D eigenvalue weighted by Gasteiger charge is 2.25. The lowest BCUT2D eigenvalue weighted by Gasteiger charge is -2.21. The Morgan fingerprint density at radius 2 is 1.57 bits per heavy atom. The number of phenols is 1. The summed E-state index contributed by atoms with van der Waals surface area (Å²) in [4.78, 5) is 26.0. The summed E-state index contributed by atoms with van der Waals surface area (Å²) in [6.07, 6.45) is 0. The van der Waals surface area contributed by atoms with Gasteiger partial charge in [0.1, 0.15) is 11.8 Å². The maximum absolute atomic E-state index is 13.2. The van der Waals surface area contributed by atoms with Gasteiger partial charge in [-0.05, 0) is 60.9 Å². The zero-order chi connectivity index (χ0) is 21.8. The van der Waals surface area contributed by atoms with E-state index in [0.717, 1.165) is 11.1 Å². The Labute approximate surface area is 184 Å². The van der Waals surface area contributed by atoms with Crippen LogP contribution in [0.2, 0.25) is 10.0 Å². The zero-order valence-electron chi connectivity index (χ0n) is 16.4. The van der Waals surface area contributed by atoms with Crippen LogP contribution >= 0.6 is 23.2 Å². The molecule has 0 aliphatic rings. The van der Waals surface area contributed by atoms with Crippen molar-refractivity contribution in [3.05, 3.63) is 93.0 Å². The lowest BCUT2D eigenvalue weighted by Crippen LogP contribution is -2.37. The minimum absolute atomic E-state index is 0.0553. The number of hydrogen-bond donors (Lipinski definition) is 3. The van der Waals surface area contributed by atoms with Crippen molar-refractivity contribution >= 4 is 40.7 Å². The van der Waals surface area contributed by atoms with Crippen LogP contribution in [0.1, 0.15) is 33.1 Å². The molecule has 3 aromatic rings. The molecule has 0 bridgehead atoms. The van der Waals surface area contributed by atoms with Crippen molar-refractivity contribution in [2.24, 2.45) is 0 Å². The maximum atomic E-state index is 13.2. The first-order valence-corrected chi connectivity index (χ1v) is 9.94. The first kappa shape index (κ1) is 21.7. The molecule has 7 heteroatoms. The summed E-state index contributed by atoms with van der Waals surface area (Å²) in [6, 6.07) is 15.3. The van der Waals surface area contributed by atoms with Gasteiger partial charge in [-0.2, -0.15) is 0 Å². The van der Waals surface area contributed by atoms with E-state index >= 15 is 0 Å². The Morgan fingerprint density at radius 1 is 0.933 bits per heavy atom. The Morgan fingerprint density at radius 3 is 2.17 bits per heavy atom. The molecule has 2 amide bonds. The Kier molecular flexibility index (Phi) is 6.65. The average molecular weight is 443 g/mol. The zero-order valence-corrected chi connectivity index (χ0v) is 17.9. The van der Waals surface area contributed by atoms with Crippen LogP contribution in [0.25, 0.3) is 0 Å². The minimum Gasteiger partial charge on any atom is -0.508 e. The largest absolute Gasteiger partial charge is 0.508 e. The molecular weight excluding hydrogens is 423 g/mol. The van der Waals surface area contributed by atoms with Crippen LogP contribution in [0, 0.1) is 13.8 Å². The number of amides is 2. The van der Waals surface area contributed by atoms with Crippen molar-refractivity contribution in [3.8, 4) is 5.75 Å². The molecule has 5 nitrogen and oxygen atoms in total. The normalized spacial score (nSPS) is 11.6. The molecule has 0 heterocycles. The van der Waals surface area contributed by atoms with E-state index in [9.17, 15) is 14.7 Å². The first-order chi connectivity index (χ1) is 14.3. The van der Waals surface area contributed by atoms with Gasteiger partial charge in [-0.3, -0.25) is 9.59 Å². The summed E-state index contributed by atoms with van der Waals surface area (Å²) in [5.74, 6) is -0.886. The minimum atomic E-state index is -1.01. The van der Waals surface area contributed by atoms with Crippen molar-refractivity contribution in [1.29, 1.82) is 0 Å². The highest BCUT2D eigenvalue weighted by atomic mass is 35.5. The number of carbonyl (C=O) groups is 2. The molecule has 3 rings (SSSR count). The van der Waals surface area contributed by atoms with E-state index in [0.29, 0.717) is 16.3 Å². The number of phenolic OH excluding ortho intramolecular Hbond substituents is 1. The number of halogens is 2. The van der Waals surface area contributed by atoms with Crippen LogP contribution in [-0.2, 0) is 4.79 Å². The van der Waals surface area contributed by atoms with Gasteiger partial charge in [0.2, 0.25) is 0 Å². The van der Waals surface area contributed by atoms with Gasteiger partial charge in [0, 0.05) is 10.7 Å². The number of hydrogen-bond acceptors (Lipinski definition) is 3. The van der Waals surface area contributed by atoms with E-state index in [-0.39, 0.29) is 16.3 Å². The van der Waals surface area contributed by atoms with Crippen LogP contribution in [0.4, 0.5) is 5.69 Å². The Bertz CT molecular complexity index is 1080. The van der Waals surface area contributed by atoms with E-state index in [1.807, 2.05) is 32.0 Å². The van der Waals surface area contributed by atoms with Gasteiger partial charge >= 0.3 is 0 Å². The molecule has 1 atom stereocenters. The lowest BCUT2D eigenvalue weighted by molar-refractivity contribution is -0.118. The Balaban J connectivity index is 1.93. The summed E-state index contributed by atoms with van der Waals surface area (Å²) in [5, 5.41) is 15.8. The van der Waals surface area contributed by atoms with Crippen LogP contribution < -0.4 is 10.6 Å². The molecule has 0 radical (unpaired) electrons. The SMILES string of the molecule is Cc1cccc(C)c1NC(=O)[C@@H](NC(=O)c1ccc(Cl)cc1Cl)c1ccc(O)cc1. The smallest absolute Gasteiger partial charge is 0.253 e. The number of rotatable bonds is 5. The molecule has 0 aromatic heterocycles. The molecule has 154 valence electrons. The molecule has 0 spiro atoms. The maximum Gasteiger partial charge on any atom is 0.253 e. The van der Waals surface area contributed by atoms with E-state index in [1.165, 1.54) is 24.3 Å². The first-order valence-electron chi connectivity index (χ1n) is 9.18. The highest BCUT2D eigenvalue weighted by molar-refractivity contribution is 6.36. The van der Waals surface area contributed by atoms with Crippen LogP contribution in [0.15, 0.2) is 60.7 Å². The van der Waals surface area contributed by atoms with Crippen molar-refractivity contribution in [2.45, 2.75) is 19.9 Å². The lowest BCUT2D eigenvalue weighted by atomic mass is 10.0. The van der Waals surface area contributed by atoms with Gasteiger partial charge < -0.3 is 15.7 Å². The van der Waals surface area contributed by atoms with Gasteiger partial charge in [0.25, 0.3) is 11.8 Å². The summed E-state index contributed by atoms with van der Waals surface area (Å²) in [5.41, 5.74) is 3.20. The van der Waals surface area contributed by atoms with Crippen molar-refractivity contribution in [3.63, 3.8) is 0 Å². The molecule has 3 aromatic carbocycles. The van der Waals surface area contributed by atoms with E-state index in [2.05, 4.69) is 10.6 Å². The molecule has 0 fully saturated rings. The fourth-order valence-corrected chi connectivity index (χ4v) is 3.55. The van der Waals surface area contributed by atoms with E-state index < -0.39 is 17.9 Å². The summed E-state index contributed by atoms with van der Waals surface area (Å²) >= 11 is 12.1. The predicted octanol–water partition coefficient (Wildman–Crippen LogP) is 5.43. The molecule has 0 saturated carbocycles. The van der Waals surface area contributed by atoms with E-state index in [4.69, 9.17) is 23.2 Å². The topological polar surface area (TPSA) is 78.4 Å². The molecule has 30 heavy (non-hydrogen) atoms. The van der Waals surface area contributed by atoms with Crippen molar-refractivity contribution in [2.75, 3.05) is 5.32 Å². The average Bonchev–Trinajstić information content (AvgIpc) is 2.69. The van der Waals surface area contributed by atoms with E-state index in [1.54, 1.807) is 18.2 Å². The molecule has 0 aliphatic heterocycles. The molecular formula is C23H20Cl2N2O3. The fourth-order valence-electron chi connectivity index (χ4n) is 3.06. The highest BCUT2D eigenvalue weighted by Crippen LogP contribution is 2.25. The summed E-state index contributed by atoms with van der Waals surface area (Å²) in [7, 11) is 0. The molecule has 0 saturated heterocycles. The van der Waals surface area contributed by atoms with Crippen LogP contribution in [-0.4, -0.2) is 16.9 Å². The quantitative estimate of drug-likeness (QED) is 0.493. The predicted molar refractivity (Wildman–Crippen MR) is 119 cm³/mol. The third kappa shape index (κ3) is 4.93. The van der Waals surface area contributed by atoms with Gasteiger partial charge in [0.15, 0.2) is 0 Å². The number of para-hydroxylation sites is 1. The van der Waals surface area contributed by atoms with Crippen molar-refractivity contribution < 1.29 is 14.7 Å². The van der Waals surface area contributed by atoms with Crippen molar-refractivity contribution in [1.82, 2.24) is 5.32 Å². The third-order valence-electron chi connectivity index (χ3n) is 4.67. The second-order valence-electron chi connectivity index (χ2n) is 6.88. The van der Waals surface area contributed by atoms with Gasteiger partial charge in [-0.25, -0.2) is 0 Å². The van der Waals surface area contributed by atoms with Gasteiger partial charge in [0.05, 0.1) is 10.6 Å². The summed E-state index contributed by atoms with van der Waals surface area (Å²) < 4.78 is 0. The molecule has 0 aliphatic carbocycles. The summed E-state index contributed by atoms with van der Waals surface area (Å²) in [6.45, 7) is 3.79.